The highest BCUT2D eigenvalue weighted by Gasteiger charge is 2.32. The highest BCUT2D eigenvalue weighted by Crippen LogP contribution is 2.41. The highest BCUT2D eigenvalue weighted by atomic mass is 32.2. The summed E-state index contributed by atoms with van der Waals surface area (Å²) in [4.78, 5) is 23.3. The number of carbonyl (C=O) groups is 2. The van der Waals surface area contributed by atoms with Crippen LogP contribution in [0.1, 0.15) is 30.3 Å². The van der Waals surface area contributed by atoms with Crippen LogP contribution in [0.25, 0.3) is 0 Å². The third-order valence-corrected chi connectivity index (χ3v) is 5.17. The second-order valence-electron chi connectivity index (χ2n) is 6.21. The molecule has 1 N–H and O–H groups in total. The minimum atomic E-state index is -0.455. The number of nitrogens with one attached hydrogen (secondary N) is 1. The average molecular weight is 417 g/mol. The van der Waals surface area contributed by atoms with E-state index >= 15 is 0 Å². The molecule has 2 aromatic rings. The third-order valence-electron chi connectivity index (χ3n) is 4.06. The van der Waals surface area contributed by atoms with Gasteiger partial charge in [0, 0.05) is 19.4 Å². The molecule has 3 rings (SSSR count). The van der Waals surface area contributed by atoms with E-state index in [1.165, 1.54) is 43.8 Å². The molecule has 7 nitrogen and oxygen atoms in total. The predicted molar refractivity (Wildman–Crippen MR) is 108 cm³/mol. The van der Waals surface area contributed by atoms with E-state index in [1.807, 2.05) is 0 Å². The monoisotopic (exact) mass is 417 g/mol. The van der Waals surface area contributed by atoms with Gasteiger partial charge in [-0.15, -0.1) is 5.10 Å². The topological polar surface area (TPSA) is 80.2 Å². The van der Waals surface area contributed by atoms with E-state index in [9.17, 15) is 14.0 Å². The van der Waals surface area contributed by atoms with Crippen molar-refractivity contribution in [2.45, 2.75) is 25.8 Å². The molecule has 0 spiro atoms. The molecular formula is C20H20FN3O4S. The second-order valence-corrected chi connectivity index (χ2v) is 7.28. The molecule has 29 heavy (non-hydrogen) atoms. The minimum Gasteiger partial charge on any atom is -0.493 e. The molecule has 0 aromatic heterocycles. The molecule has 1 heterocycles. The number of ether oxygens (including phenoxy) is 2. The van der Waals surface area contributed by atoms with Crippen molar-refractivity contribution in [1.29, 1.82) is 0 Å². The summed E-state index contributed by atoms with van der Waals surface area (Å²) in [5.74, 6) is 0.0116. The van der Waals surface area contributed by atoms with Crippen molar-refractivity contribution in [3.63, 3.8) is 0 Å². The highest BCUT2D eigenvalue weighted by molar-refractivity contribution is 8.14. The van der Waals surface area contributed by atoms with E-state index in [-0.39, 0.29) is 24.2 Å². The van der Waals surface area contributed by atoms with Gasteiger partial charge in [0.2, 0.25) is 11.8 Å². The fourth-order valence-corrected chi connectivity index (χ4v) is 3.83. The Balaban J connectivity index is 1.80. The Kier molecular flexibility index (Phi) is 6.38. The number of carbonyl (C=O) groups excluding carboxylic acids is 2. The van der Waals surface area contributed by atoms with Crippen LogP contribution in [0.2, 0.25) is 0 Å². The van der Waals surface area contributed by atoms with Crippen molar-refractivity contribution in [1.82, 2.24) is 10.3 Å². The van der Waals surface area contributed by atoms with Gasteiger partial charge < -0.3 is 14.8 Å². The zero-order valence-electron chi connectivity index (χ0n) is 16.1. The lowest BCUT2D eigenvalue weighted by Gasteiger charge is -2.20. The van der Waals surface area contributed by atoms with Crippen LogP contribution in [-0.4, -0.2) is 29.1 Å². The molecule has 1 aliphatic heterocycles. The number of halogens is 1. The van der Waals surface area contributed by atoms with Gasteiger partial charge >= 0.3 is 0 Å². The standard InChI is InChI=1S/C20H20FN3O4S/c1-12(25)22-20-23-24(13(2)26)19(29-20)14-8-9-17(18(10-14)27-3)28-11-15-6-4-5-7-16(15)21/h4-10,19H,11H2,1-3H3,(H,22,23,25). The van der Waals surface area contributed by atoms with Crippen molar-refractivity contribution in [2.75, 3.05) is 7.11 Å². The van der Waals surface area contributed by atoms with Gasteiger partial charge in [-0.2, -0.15) is 0 Å². The Morgan fingerprint density at radius 3 is 2.62 bits per heavy atom. The maximum absolute atomic E-state index is 13.8. The number of amides is 2. The molecule has 0 radical (unpaired) electrons. The van der Waals surface area contributed by atoms with Crippen LogP contribution < -0.4 is 14.8 Å². The van der Waals surface area contributed by atoms with Crippen molar-refractivity contribution >= 4 is 28.7 Å². The van der Waals surface area contributed by atoms with Gasteiger partial charge in [0.15, 0.2) is 16.7 Å². The molecule has 0 bridgehead atoms. The number of thioether (sulfide) groups is 1. The molecule has 1 unspecified atom stereocenters. The first-order valence-corrected chi connectivity index (χ1v) is 9.63. The minimum absolute atomic E-state index is 0.0515. The first-order valence-electron chi connectivity index (χ1n) is 8.76. The molecule has 9 heteroatoms. The van der Waals surface area contributed by atoms with Crippen LogP contribution in [0.5, 0.6) is 11.5 Å². The zero-order valence-corrected chi connectivity index (χ0v) is 17.0. The molecule has 0 saturated carbocycles. The first kappa shape index (κ1) is 20.7. The summed E-state index contributed by atoms with van der Waals surface area (Å²) in [7, 11) is 1.50. The number of methoxy groups -OCH3 is 1. The van der Waals surface area contributed by atoms with Crippen molar-refractivity contribution < 1.29 is 23.5 Å². The normalized spacial score (nSPS) is 15.7. The lowest BCUT2D eigenvalue weighted by molar-refractivity contribution is -0.129. The molecule has 1 atom stereocenters. The van der Waals surface area contributed by atoms with Crippen LogP contribution in [0.4, 0.5) is 4.39 Å². The van der Waals surface area contributed by atoms with Gasteiger partial charge in [-0.1, -0.05) is 36.0 Å². The number of rotatable bonds is 5. The summed E-state index contributed by atoms with van der Waals surface area (Å²) in [5.41, 5.74) is 1.17. The molecule has 152 valence electrons. The van der Waals surface area contributed by atoms with E-state index in [2.05, 4.69) is 10.4 Å². The van der Waals surface area contributed by atoms with Gasteiger partial charge in [0.1, 0.15) is 17.8 Å². The summed E-state index contributed by atoms with van der Waals surface area (Å²) in [6.45, 7) is 2.83. The van der Waals surface area contributed by atoms with Gasteiger partial charge in [0.05, 0.1) is 7.11 Å². The van der Waals surface area contributed by atoms with Gasteiger partial charge in [0.25, 0.3) is 0 Å². The summed E-state index contributed by atoms with van der Waals surface area (Å²) in [6.07, 6.45) is 0. The fraction of sp³-hybridized carbons (Fsp3) is 0.250. The van der Waals surface area contributed by atoms with E-state index in [4.69, 9.17) is 9.47 Å². The fourth-order valence-electron chi connectivity index (χ4n) is 2.71. The Morgan fingerprint density at radius 2 is 1.97 bits per heavy atom. The molecule has 0 fully saturated rings. The summed E-state index contributed by atoms with van der Waals surface area (Å²) in [6, 6.07) is 11.6. The number of nitrogens with zero attached hydrogens (tertiary/aromatic N) is 2. The Bertz CT molecular complexity index is 966. The van der Waals surface area contributed by atoms with Crippen LogP contribution >= 0.6 is 11.8 Å². The zero-order chi connectivity index (χ0) is 21.0. The first-order chi connectivity index (χ1) is 13.9. The molecule has 2 amide bonds. The predicted octanol–water partition coefficient (Wildman–Crippen LogP) is 3.41. The average Bonchev–Trinajstić information content (AvgIpc) is 3.10. The van der Waals surface area contributed by atoms with Crippen molar-refractivity contribution in [3.8, 4) is 11.5 Å². The number of hydrogen-bond donors (Lipinski definition) is 1. The van der Waals surface area contributed by atoms with E-state index in [1.54, 1.807) is 36.4 Å². The molecule has 0 saturated heterocycles. The SMILES string of the molecule is COc1cc(C2SC(NC(C)=O)=NN2C(C)=O)ccc1OCc1ccccc1F. The summed E-state index contributed by atoms with van der Waals surface area (Å²) in [5, 5.41) is 7.95. The van der Waals surface area contributed by atoms with Crippen LogP contribution in [0.3, 0.4) is 0 Å². The maximum Gasteiger partial charge on any atom is 0.241 e. The van der Waals surface area contributed by atoms with Crippen LogP contribution in [0.15, 0.2) is 47.6 Å². The van der Waals surface area contributed by atoms with Crippen LogP contribution in [0, 0.1) is 5.82 Å². The van der Waals surface area contributed by atoms with E-state index in [0.29, 0.717) is 22.2 Å². The maximum atomic E-state index is 13.8. The van der Waals surface area contributed by atoms with Gasteiger partial charge in [-0.25, -0.2) is 9.40 Å². The number of hydrazone groups is 1. The lowest BCUT2D eigenvalue weighted by atomic mass is 10.2. The second kappa shape index (κ2) is 8.95. The Hall–Kier alpha value is -3.07. The number of hydrogen-bond acceptors (Lipinski definition) is 6. The molecule has 1 aliphatic rings. The molecule has 0 aliphatic carbocycles. The van der Waals surface area contributed by atoms with Gasteiger partial charge in [-0.05, 0) is 23.8 Å². The summed E-state index contributed by atoms with van der Waals surface area (Å²) >= 11 is 1.24. The quantitative estimate of drug-likeness (QED) is 0.806. The van der Waals surface area contributed by atoms with Crippen molar-refractivity contribution in [3.05, 3.63) is 59.4 Å². The third kappa shape index (κ3) is 4.86. The number of benzene rings is 2. The lowest BCUT2D eigenvalue weighted by Crippen LogP contribution is -2.25. The Labute approximate surface area is 171 Å². The smallest absolute Gasteiger partial charge is 0.241 e. The molecular weight excluding hydrogens is 397 g/mol. The van der Waals surface area contributed by atoms with Gasteiger partial charge in [-0.3, -0.25) is 9.59 Å². The van der Waals surface area contributed by atoms with E-state index in [0.717, 1.165) is 5.56 Å². The van der Waals surface area contributed by atoms with Crippen molar-refractivity contribution in [2.24, 2.45) is 5.10 Å². The van der Waals surface area contributed by atoms with E-state index < -0.39 is 5.37 Å². The molecule has 2 aromatic carbocycles. The summed E-state index contributed by atoms with van der Waals surface area (Å²) < 4.78 is 24.9. The largest absolute Gasteiger partial charge is 0.493 e. The van der Waals surface area contributed by atoms with Crippen LogP contribution in [-0.2, 0) is 16.2 Å². The number of amidine groups is 1. The Morgan fingerprint density at radius 1 is 1.21 bits per heavy atom.